The molecule has 2 unspecified atom stereocenters. The lowest BCUT2D eigenvalue weighted by Gasteiger charge is -2.32. The number of rotatable bonds is 9. The Morgan fingerprint density at radius 1 is 1.35 bits per heavy atom. The minimum Gasteiger partial charge on any atom is -0.385 e. The lowest BCUT2D eigenvalue weighted by atomic mass is 9.78. The molecular formula is C13H27NO3. The SMILES string of the molecule is CNCC1(CCOCCCOC)CCOC1C. The van der Waals surface area contributed by atoms with E-state index in [1.165, 1.54) is 0 Å². The van der Waals surface area contributed by atoms with E-state index in [4.69, 9.17) is 14.2 Å². The fraction of sp³-hybridized carbons (Fsp3) is 1.00. The first-order chi connectivity index (χ1) is 8.25. The number of nitrogens with one attached hydrogen (secondary N) is 1. The highest BCUT2D eigenvalue weighted by Crippen LogP contribution is 2.37. The van der Waals surface area contributed by atoms with Crippen LogP contribution >= 0.6 is 0 Å². The molecule has 0 aromatic rings. The van der Waals surface area contributed by atoms with Gasteiger partial charge in [0.1, 0.15) is 0 Å². The summed E-state index contributed by atoms with van der Waals surface area (Å²) in [5.74, 6) is 0. The van der Waals surface area contributed by atoms with Gasteiger partial charge in [0.15, 0.2) is 0 Å². The smallest absolute Gasteiger partial charge is 0.0617 e. The Morgan fingerprint density at radius 2 is 2.18 bits per heavy atom. The van der Waals surface area contributed by atoms with Crippen molar-refractivity contribution in [2.45, 2.75) is 32.3 Å². The van der Waals surface area contributed by atoms with Crippen molar-refractivity contribution < 1.29 is 14.2 Å². The Labute approximate surface area is 105 Å². The maximum Gasteiger partial charge on any atom is 0.0617 e. The van der Waals surface area contributed by atoms with Gasteiger partial charge in [-0.3, -0.25) is 0 Å². The maximum atomic E-state index is 5.70. The highest BCUT2D eigenvalue weighted by atomic mass is 16.5. The zero-order valence-corrected chi connectivity index (χ0v) is 11.5. The van der Waals surface area contributed by atoms with Gasteiger partial charge in [0, 0.05) is 45.5 Å². The Bertz CT molecular complexity index is 201. The molecular weight excluding hydrogens is 218 g/mol. The molecule has 1 heterocycles. The molecule has 0 aliphatic carbocycles. The van der Waals surface area contributed by atoms with Gasteiger partial charge < -0.3 is 19.5 Å². The van der Waals surface area contributed by atoms with Gasteiger partial charge in [-0.2, -0.15) is 0 Å². The second-order valence-electron chi connectivity index (χ2n) is 4.86. The summed E-state index contributed by atoms with van der Waals surface area (Å²) in [4.78, 5) is 0. The molecule has 4 heteroatoms. The molecule has 0 saturated carbocycles. The van der Waals surface area contributed by atoms with E-state index >= 15 is 0 Å². The first kappa shape index (κ1) is 14.9. The third-order valence-corrected chi connectivity index (χ3v) is 3.74. The lowest BCUT2D eigenvalue weighted by Crippen LogP contribution is -2.39. The number of methoxy groups -OCH3 is 1. The van der Waals surface area contributed by atoms with Crippen LogP contribution in [0.2, 0.25) is 0 Å². The van der Waals surface area contributed by atoms with Gasteiger partial charge in [0.2, 0.25) is 0 Å². The molecule has 1 rings (SSSR count). The van der Waals surface area contributed by atoms with Crippen LogP contribution < -0.4 is 5.32 Å². The second kappa shape index (κ2) is 8.03. The molecule has 102 valence electrons. The van der Waals surface area contributed by atoms with E-state index in [0.717, 1.165) is 52.2 Å². The fourth-order valence-corrected chi connectivity index (χ4v) is 2.50. The van der Waals surface area contributed by atoms with Crippen LogP contribution in [0.1, 0.15) is 26.2 Å². The van der Waals surface area contributed by atoms with Crippen LogP contribution in [0.15, 0.2) is 0 Å². The number of hydrogen-bond acceptors (Lipinski definition) is 4. The van der Waals surface area contributed by atoms with Gasteiger partial charge in [-0.15, -0.1) is 0 Å². The van der Waals surface area contributed by atoms with E-state index < -0.39 is 0 Å². The molecule has 2 atom stereocenters. The summed E-state index contributed by atoms with van der Waals surface area (Å²) in [6.45, 7) is 6.45. The number of hydrogen-bond donors (Lipinski definition) is 1. The van der Waals surface area contributed by atoms with Gasteiger partial charge in [-0.05, 0) is 33.2 Å². The molecule has 0 aromatic heterocycles. The maximum absolute atomic E-state index is 5.70. The van der Waals surface area contributed by atoms with E-state index in [1.807, 2.05) is 7.05 Å². The molecule has 1 N–H and O–H groups in total. The molecule has 1 saturated heterocycles. The van der Waals surface area contributed by atoms with Crippen molar-refractivity contribution in [1.82, 2.24) is 5.32 Å². The van der Waals surface area contributed by atoms with E-state index in [1.54, 1.807) is 7.11 Å². The summed E-state index contributed by atoms with van der Waals surface area (Å²) in [5.41, 5.74) is 0.260. The fourth-order valence-electron chi connectivity index (χ4n) is 2.50. The van der Waals surface area contributed by atoms with Gasteiger partial charge >= 0.3 is 0 Å². The first-order valence-corrected chi connectivity index (χ1v) is 6.58. The van der Waals surface area contributed by atoms with E-state index in [9.17, 15) is 0 Å². The molecule has 0 aromatic carbocycles. The Kier molecular flexibility index (Phi) is 7.04. The van der Waals surface area contributed by atoms with Crippen molar-refractivity contribution in [3.8, 4) is 0 Å². The van der Waals surface area contributed by atoms with Gasteiger partial charge in [-0.1, -0.05) is 0 Å². The highest BCUT2D eigenvalue weighted by Gasteiger charge is 2.40. The summed E-state index contributed by atoms with van der Waals surface area (Å²) in [6.07, 6.45) is 3.51. The normalized spacial score (nSPS) is 28.8. The zero-order chi connectivity index (χ0) is 12.6. The summed E-state index contributed by atoms with van der Waals surface area (Å²) in [6, 6.07) is 0. The van der Waals surface area contributed by atoms with Gasteiger partial charge in [0.25, 0.3) is 0 Å². The van der Waals surface area contributed by atoms with Gasteiger partial charge in [0.05, 0.1) is 6.10 Å². The van der Waals surface area contributed by atoms with Crippen LogP contribution in [0.4, 0.5) is 0 Å². The predicted octanol–water partition coefficient (Wildman–Crippen LogP) is 1.44. The van der Waals surface area contributed by atoms with E-state index in [0.29, 0.717) is 6.10 Å². The summed E-state index contributed by atoms with van der Waals surface area (Å²) in [7, 11) is 3.73. The lowest BCUT2D eigenvalue weighted by molar-refractivity contribution is 0.0303. The van der Waals surface area contributed by atoms with Crippen LogP contribution in [0.25, 0.3) is 0 Å². The van der Waals surface area contributed by atoms with Crippen LogP contribution in [0, 0.1) is 5.41 Å². The molecule has 17 heavy (non-hydrogen) atoms. The average Bonchev–Trinajstić information content (AvgIpc) is 2.66. The van der Waals surface area contributed by atoms with Crippen LogP contribution in [0.3, 0.4) is 0 Å². The third-order valence-electron chi connectivity index (χ3n) is 3.74. The Morgan fingerprint density at radius 3 is 2.76 bits per heavy atom. The Balaban J connectivity index is 2.21. The molecule has 1 aliphatic heterocycles. The monoisotopic (exact) mass is 245 g/mol. The topological polar surface area (TPSA) is 39.7 Å². The van der Waals surface area contributed by atoms with Crippen molar-refractivity contribution in [2.75, 3.05) is 47.1 Å². The summed E-state index contributed by atoms with van der Waals surface area (Å²) < 4.78 is 16.3. The largest absolute Gasteiger partial charge is 0.385 e. The molecule has 0 spiro atoms. The van der Waals surface area contributed by atoms with Crippen molar-refractivity contribution in [2.24, 2.45) is 5.41 Å². The standard InChI is InChI=1S/C13H27NO3/c1-12-13(11-14-2,6-10-17-12)5-9-16-8-4-7-15-3/h12,14H,4-11H2,1-3H3. The second-order valence-corrected chi connectivity index (χ2v) is 4.86. The van der Waals surface area contributed by atoms with Crippen LogP contribution in [0.5, 0.6) is 0 Å². The molecule has 0 amide bonds. The minimum absolute atomic E-state index is 0.260. The molecule has 1 fully saturated rings. The van der Waals surface area contributed by atoms with Crippen molar-refractivity contribution >= 4 is 0 Å². The average molecular weight is 245 g/mol. The summed E-state index contributed by atoms with van der Waals surface area (Å²) in [5, 5.41) is 3.29. The van der Waals surface area contributed by atoms with Gasteiger partial charge in [-0.25, -0.2) is 0 Å². The summed E-state index contributed by atoms with van der Waals surface area (Å²) >= 11 is 0. The Hall–Kier alpha value is -0.160. The van der Waals surface area contributed by atoms with Crippen molar-refractivity contribution in [1.29, 1.82) is 0 Å². The molecule has 0 bridgehead atoms. The van der Waals surface area contributed by atoms with Crippen LogP contribution in [-0.2, 0) is 14.2 Å². The minimum atomic E-state index is 0.260. The van der Waals surface area contributed by atoms with E-state index in [-0.39, 0.29) is 5.41 Å². The zero-order valence-electron chi connectivity index (χ0n) is 11.5. The van der Waals surface area contributed by atoms with Crippen LogP contribution in [-0.4, -0.2) is 53.2 Å². The van der Waals surface area contributed by atoms with E-state index in [2.05, 4.69) is 12.2 Å². The first-order valence-electron chi connectivity index (χ1n) is 6.58. The molecule has 4 nitrogen and oxygen atoms in total. The van der Waals surface area contributed by atoms with Crippen molar-refractivity contribution in [3.05, 3.63) is 0 Å². The third kappa shape index (κ3) is 4.54. The number of ether oxygens (including phenoxy) is 3. The highest BCUT2D eigenvalue weighted by molar-refractivity contribution is 4.90. The molecule has 0 radical (unpaired) electrons. The quantitative estimate of drug-likeness (QED) is 0.624. The molecule has 1 aliphatic rings. The predicted molar refractivity (Wildman–Crippen MR) is 68.3 cm³/mol. The van der Waals surface area contributed by atoms with Crippen molar-refractivity contribution in [3.63, 3.8) is 0 Å².